The lowest BCUT2D eigenvalue weighted by atomic mass is 9.44. The minimum absolute atomic E-state index is 0.120. The van der Waals surface area contributed by atoms with Crippen LogP contribution in [-0.4, -0.2) is 41.3 Å². The van der Waals surface area contributed by atoms with Crippen molar-refractivity contribution in [3.63, 3.8) is 0 Å². The fourth-order valence-corrected chi connectivity index (χ4v) is 10.6. The van der Waals surface area contributed by atoms with Crippen LogP contribution in [0.4, 0.5) is 0 Å². The molecule has 1 N–H and O–H groups in total. The van der Waals surface area contributed by atoms with E-state index >= 15 is 0 Å². The molecule has 0 aromatic carbocycles. The number of esters is 1. The Balaban J connectivity index is 1.20. The molecule has 0 aromatic heterocycles. The molecule has 4 saturated carbocycles. The summed E-state index contributed by atoms with van der Waals surface area (Å²) in [6.07, 6.45) is 11.8. The van der Waals surface area contributed by atoms with E-state index in [4.69, 9.17) is 14.2 Å². The number of carbonyl (C=O) groups is 1. The number of fused-ring (bicyclic) bond motifs is 7. The summed E-state index contributed by atoms with van der Waals surface area (Å²) in [4.78, 5) is 11.6. The lowest BCUT2D eigenvalue weighted by molar-refractivity contribution is -0.294. The molecule has 0 radical (unpaired) electrons. The van der Waals surface area contributed by atoms with Gasteiger partial charge in [-0.25, -0.2) is 0 Å². The van der Waals surface area contributed by atoms with Crippen molar-refractivity contribution in [2.24, 2.45) is 46.3 Å². The molecule has 2 heterocycles. The minimum Gasteiger partial charge on any atom is -0.463 e. The van der Waals surface area contributed by atoms with Gasteiger partial charge in [0, 0.05) is 19.3 Å². The number of carbonyl (C=O) groups excluding carboxylic acids is 1. The van der Waals surface area contributed by atoms with Crippen LogP contribution in [0.2, 0.25) is 0 Å². The average molecular weight is 475 g/mol. The molecule has 34 heavy (non-hydrogen) atoms. The van der Waals surface area contributed by atoms with Gasteiger partial charge in [0.1, 0.15) is 6.10 Å². The minimum atomic E-state index is -0.723. The van der Waals surface area contributed by atoms with Crippen molar-refractivity contribution in [2.45, 2.75) is 122 Å². The molecular formula is C29H46O5. The molecule has 0 aromatic rings. The zero-order valence-electron chi connectivity index (χ0n) is 22.0. The second kappa shape index (κ2) is 7.68. The van der Waals surface area contributed by atoms with Crippen molar-refractivity contribution >= 4 is 5.97 Å². The van der Waals surface area contributed by atoms with Gasteiger partial charge in [0.2, 0.25) is 0 Å². The van der Waals surface area contributed by atoms with Crippen LogP contribution in [0.3, 0.4) is 0 Å². The van der Waals surface area contributed by atoms with Gasteiger partial charge in [-0.3, -0.25) is 4.79 Å². The van der Waals surface area contributed by atoms with Crippen molar-refractivity contribution < 1.29 is 24.1 Å². The first-order chi connectivity index (χ1) is 16.0. The molecule has 2 saturated heterocycles. The van der Waals surface area contributed by atoms with E-state index in [1.54, 1.807) is 6.92 Å². The molecule has 5 heteroatoms. The fraction of sp³-hybridized carbons (Fsp3) is 0.966. The molecule has 6 fully saturated rings. The van der Waals surface area contributed by atoms with E-state index in [-0.39, 0.29) is 12.1 Å². The summed E-state index contributed by atoms with van der Waals surface area (Å²) in [5, 5.41) is 10.4. The quantitative estimate of drug-likeness (QED) is 0.510. The molecule has 12 atom stereocenters. The van der Waals surface area contributed by atoms with Crippen molar-refractivity contribution in [3.8, 4) is 0 Å². The predicted octanol–water partition coefficient (Wildman–Crippen LogP) is 5.48. The van der Waals surface area contributed by atoms with Gasteiger partial charge in [-0.2, -0.15) is 0 Å². The Bertz CT molecular complexity index is 828. The average Bonchev–Trinajstić information content (AvgIpc) is 3.21. The SMILES string of the molecule is CC(=O)O[C@@H]1CC[C@@]2(C)[C@H](CC[C@@H]3[C@@H]2CC[C@]2(C)[C@@H]4[C@H](C[C@@H]32)O[C@]2(CC[C@@](C)(O)CO2)[C@H]4C)C1. The molecule has 6 rings (SSSR count). The van der Waals surface area contributed by atoms with Crippen LogP contribution >= 0.6 is 0 Å². The summed E-state index contributed by atoms with van der Waals surface area (Å²) in [7, 11) is 0. The van der Waals surface area contributed by atoms with Crippen molar-refractivity contribution in [1.29, 1.82) is 0 Å². The summed E-state index contributed by atoms with van der Waals surface area (Å²) in [6, 6.07) is 0. The lowest BCUT2D eigenvalue weighted by Crippen LogP contribution is -2.55. The fourth-order valence-electron chi connectivity index (χ4n) is 10.6. The summed E-state index contributed by atoms with van der Waals surface area (Å²) in [5.74, 6) is 3.38. The van der Waals surface area contributed by atoms with Gasteiger partial charge < -0.3 is 19.3 Å². The molecule has 6 aliphatic rings. The van der Waals surface area contributed by atoms with E-state index in [1.807, 2.05) is 6.92 Å². The Morgan fingerprint density at radius 2 is 1.71 bits per heavy atom. The number of hydrogen-bond acceptors (Lipinski definition) is 5. The number of aliphatic hydroxyl groups is 1. The third-order valence-corrected chi connectivity index (χ3v) is 12.3. The molecule has 0 bridgehead atoms. The van der Waals surface area contributed by atoms with Gasteiger partial charge in [-0.15, -0.1) is 0 Å². The van der Waals surface area contributed by atoms with Gasteiger partial charge in [0.15, 0.2) is 5.79 Å². The largest absolute Gasteiger partial charge is 0.463 e. The lowest BCUT2D eigenvalue weighted by Gasteiger charge is -2.61. The standard InChI is InChI=1S/C29H46O5/c1-17-25-24(34-29(17)13-12-26(3,31)16-32-29)15-23-21-7-6-19-14-20(33-18(2)30)8-10-27(19,4)22(21)9-11-28(23,25)5/h17,19-25,31H,6-16H2,1-5H3/t17-,19+,20+,21+,22-,23-,24-,25-,26+,27-,28-,29+/m0/s1. The molecule has 5 nitrogen and oxygen atoms in total. The summed E-state index contributed by atoms with van der Waals surface area (Å²) in [5.41, 5.74) is -0.000356. The van der Waals surface area contributed by atoms with Crippen LogP contribution in [0.15, 0.2) is 0 Å². The Kier molecular flexibility index (Phi) is 5.36. The molecule has 4 aliphatic carbocycles. The second-order valence-electron chi connectivity index (χ2n) is 14.0. The number of ether oxygens (including phenoxy) is 3. The van der Waals surface area contributed by atoms with Crippen LogP contribution in [-0.2, 0) is 19.0 Å². The van der Waals surface area contributed by atoms with Gasteiger partial charge in [0.25, 0.3) is 0 Å². The maximum absolute atomic E-state index is 11.6. The Morgan fingerprint density at radius 1 is 0.941 bits per heavy atom. The first-order valence-electron chi connectivity index (χ1n) is 14.2. The van der Waals surface area contributed by atoms with Crippen LogP contribution < -0.4 is 0 Å². The summed E-state index contributed by atoms with van der Waals surface area (Å²) >= 11 is 0. The maximum atomic E-state index is 11.6. The third-order valence-electron chi connectivity index (χ3n) is 12.3. The van der Waals surface area contributed by atoms with Crippen molar-refractivity contribution in [2.75, 3.05) is 6.61 Å². The highest BCUT2D eigenvalue weighted by atomic mass is 16.7. The Labute approximate surface area is 205 Å². The molecular weight excluding hydrogens is 428 g/mol. The molecule has 1 spiro atoms. The predicted molar refractivity (Wildman–Crippen MR) is 129 cm³/mol. The first-order valence-corrected chi connectivity index (χ1v) is 14.2. The maximum Gasteiger partial charge on any atom is 0.302 e. The first kappa shape index (κ1) is 23.7. The second-order valence-corrected chi connectivity index (χ2v) is 14.0. The molecule has 0 unspecified atom stereocenters. The van der Waals surface area contributed by atoms with E-state index in [2.05, 4.69) is 20.8 Å². The van der Waals surface area contributed by atoms with Crippen LogP contribution in [0.1, 0.15) is 98.8 Å². The Morgan fingerprint density at radius 3 is 2.41 bits per heavy atom. The van der Waals surface area contributed by atoms with E-state index in [0.717, 1.165) is 43.4 Å². The zero-order valence-corrected chi connectivity index (χ0v) is 22.0. The highest BCUT2D eigenvalue weighted by Crippen LogP contribution is 2.71. The van der Waals surface area contributed by atoms with Gasteiger partial charge in [-0.05, 0) is 105 Å². The van der Waals surface area contributed by atoms with Crippen LogP contribution in [0.5, 0.6) is 0 Å². The summed E-state index contributed by atoms with van der Waals surface area (Å²) < 4.78 is 18.8. The van der Waals surface area contributed by atoms with Crippen LogP contribution in [0.25, 0.3) is 0 Å². The van der Waals surface area contributed by atoms with Crippen molar-refractivity contribution in [3.05, 3.63) is 0 Å². The van der Waals surface area contributed by atoms with E-state index in [0.29, 0.717) is 41.3 Å². The highest BCUT2D eigenvalue weighted by Gasteiger charge is 2.69. The van der Waals surface area contributed by atoms with E-state index in [9.17, 15) is 9.90 Å². The molecule has 0 amide bonds. The smallest absolute Gasteiger partial charge is 0.302 e. The van der Waals surface area contributed by atoms with Gasteiger partial charge >= 0.3 is 5.97 Å². The zero-order chi connectivity index (χ0) is 24.1. The van der Waals surface area contributed by atoms with Crippen molar-refractivity contribution in [1.82, 2.24) is 0 Å². The van der Waals surface area contributed by atoms with Crippen LogP contribution in [0, 0.1) is 46.3 Å². The van der Waals surface area contributed by atoms with Gasteiger partial charge in [0.05, 0.1) is 18.3 Å². The topological polar surface area (TPSA) is 65.0 Å². The number of rotatable bonds is 1. The van der Waals surface area contributed by atoms with E-state index in [1.165, 1.54) is 38.5 Å². The van der Waals surface area contributed by atoms with E-state index < -0.39 is 11.4 Å². The van der Waals surface area contributed by atoms with Gasteiger partial charge in [-0.1, -0.05) is 20.8 Å². The number of hydrogen-bond donors (Lipinski definition) is 1. The molecule has 2 aliphatic heterocycles. The highest BCUT2D eigenvalue weighted by molar-refractivity contribution is 5.66. The molecule has 192 valence electrons. The normalized spacial score (nSPS) is 58.5. The Hall–Kier alpha value is -0.650. The summed E-state index contributed by atoms with van der Waals surface area (Å²) in [6.45, 7) is 11.4. The third kappa shape index (κ3) is 3.31. The monoisotopic (exact) mass is 474 g/mol.